The molecule has 0 N–H and O–H groups in total. The number of likely N-dealkylation sites (N-methyl/N-ethyl adjacent to an activating group) is 1. The Kier molecular flexibility index (Phi) is 6.97. The number of amides is 1. The van der Waals surface area contributed by atoms with E-state index in [2.05, 4.69) is 0 Å². The van der Waals surface area contributed by atoms with Crippen molar-refractivity contribution < 1.29 is 18.7 Å². The van der Waals surface area contributed by atoms with Gasteiger partial charge in [-0.1, -0.05) is 48.5 Å². The minimum Gasteiger partial charge on any atom is -0.490 e. The monoisotopic (exact) mass is 498 g/mol. The molecule has 5 rings (SSSR count). The molecule has 1 aliphatic rings. The number of benzene rings is 3. The second kappa shape index (κ2) is 10.5. The van der Waals surface area contributed by atoms with Gasteiger partial charge in [0.25, 0.3) is 5.91 Å². The SMILES string of the molecule is CCOc1cc([C@@H]2c3c(oc4ccccc4c3=O)C(=O)N2CCN(C)C)ccc1OCc1ccccc1. The van der Waals surface area contributed by atoms with E-state index in [1.54, 1.807) is 29.2 Å². The molecule has 37 heavy (non-hydrogen) atoms. The minimum atomic E-state index is -0.592. The fourth-order valence-corrected chi connectivity index (χ4v) is 4.67. The quantitative estimate of drug-likeness (QED) is 0.328. The zero-order valence-electron chi connectivity index (χ0n) is 21.3. The normalized spacial score (nSPS) is 14.9. The zero-order chi connectivity index (χ0) is 25.9. The lowest BCUT2D eigenvalue weighted by Crippen LogP contribution is -2.35. The second-order valence-corrected chi connectivity index (χ2v) is 9.29. The number of hydrogen-bond acceptors (Lipinski definition) is 6. The van der Waals surface area contributed by atoms with Crippen molar-refractivity contribution in [2.24, 2.45) is 0 Å². The van der Waals surface area contributed by atoms with E-state index >= 15 is 0 Å². The van der Waals surface area contributed by atoms with Crippen molar-refractivity contribution in [3.05, 3.63) is 105 Å². The minimum absolute atomic E-state index is 0.106. The molecular formula is C30H30N2O5. The molecule has 7 heteroatoms. The van der Waals surface area contributed by atoms with Crippen LogP contribution in [0.25, 0.3) is 11.0 Å². The summed E-state index contributed by atoms with van der Waals surface area (Å²) < 4.78 is 18.0. The Morgan fingerprint density at radius 2 is 1.68 bits per heavy atom. The summed E-state index contributed by atoms with van der Waals surface area (Å²) >= 11 is 0. The van der Waals surface area contributed by atoms with E-state index in [9.17, 15) is 9.59 Å². The standard InChI is InChI=1S/C30H30N2O5/c1-4-35-25-18-21(14-15-24(25)36-19-20-10-6-5-7-11-20)27-26-28(33)22-12-8-9-13-23(22)37-29(26)30(34)32(27)17-16-31(2)3/h5-15,18,27H,4,16-17,19H2,1-3H3/t27-/m1/s1. The van der Waals surface area contributed by atoms with Gasteiger partial charge in [-0.3, -0.25) is 9.59 Å². The summed E-state index contributed by atoms with van der Waals surface area (Å²) in [6.07, 6.45) is 0. The van der Waals surface area contributed by atoms with E-state index in [0.29, 0.717) is 54.3 Å². The Labute approximate surface area is 215 Å². The molecule has 4 aromatic rings. The summed E-state index contributed by atoms with van der Waals surface area (Å²) in [6.45, 7) is 3.83. The molecule has 2 heterocycles. The number of carbonyl (C=O) groups excluding carboxylic acids is 1. The number of rotatable bonds is 9. The van der Waals surface area contributed by atoms with Gasteiger partial charge in [0, 0.05) is 13.1 Å². The number of hydrogen-bond donors (Lipinski definition) is 0. The van der Waals surface area contributed by atoms with Crippen LogP contribution >= 0.6 is 0 Å². The van der Waals surface area contributed by atoms with E-state index in [-0.39, 0.29) is 17.1 Å². The molecule has 0 saturated carbocycles. The third-order valence-corrected chi connectivity index (χ3v) is 6.48. The van der Waals surface area contributed by atoms with Crippen LogP contribution in [0.15, 0.2) is 82.0 Å². The number of ether oxygens (including phenoxy) is 2. The molecular weight excluding hydrogens is 468 g/mol. The van der Waals surface area contributed by atoms with Crippen LogP contribution < -0.4 is 14.9 Å². The highest BCUT2D eigenvalue weighted by Gasteiger charge is 2.42. The van der Waals surface area contributed by atoms with Gasteiger partial charge in [-0.2, -0.15) is 0 Å². The van der Waals surface area contributed by atoms with E-state index in [1.165, 1.54) is 0 Å². The first-order chi connectivity index (χ1) is 18.0. The summed E-state index contributed by atoms with van der Waals surface area (Å²) in [5.74, 6) is 0.987. The third-order valence-electron chi connectivity index (χ3n) is 6.48. The lowest BCUT2D eigenvalue weighted by Gasteiger charge is -2.27. The van der Waals surface area contributed by atoms with Gasteiger partial charge in [0.15, 0.2) is 16.9 Å². The predicted octanol–water partition coefficient (Wildman–Crippen LogP) is 4.88. The number of carbonyl (C=O) groups is 1. The van der Waals surface area contributed by atoms with Gasteiger partial charge in [-0.25, -0.2) is 0 Å². The van der Waals surface area contributed by atoms with Gasteiger partial charge in [0.1, 0.15) is 12.2 Å². The van der Waals surface area contributed by atoms with Gasteiger partial charge in [-0.05, 0) is 56.4 Å². The molecule has 1 amide bonds. The maximum Gasteiger partial charge on any atom is 0.290 e. The predicted molar refractivity (Wildman–Crippen MR) is 142 cm³/mol. The third kappa shape index (κ3) is 4.82. The molecule has 0 bridgehead atoms. The fraction of sp³-hybridized carbons (Fsp3) is 0.267. The molecule has 0 fully saturated rings. The van der Waals surface area contributed by atoms with Crippen molar-refractivity contribution in [1.82, 2.24) is 9.80 Å². The summed E-state index contributed by atoms with van der Waals surface area (Å²) in [6, 6.07) is 22.0. The lowest BCUT2D eigenvalue weighted by molar-refractivity contribution is 0.0716. The summed E-state index contributed by atoms with van der Waals surface area (Å²) in [4.78, 5) is 30.9. The summed E-state index contributed by atoms with van der Waals surface area (Å²) in [5, 5.41) is 0.460. The molecule has 190 valence electrons. The average Bonchev–Trinajstić information content (AvgIpc) is 3.19. The summed E-state index contributed by atoms with van der Waals surface area (Å²) in [7, 11) is 3.90. The number of para-hydroxylation sites is 1. The molecule has 1 aromatic heterocycles. The number of nitrogens with zero attached hydrogens (tertiary/aromatic N) is 2. The van der Waals surface area contributed by atoms with E-state index in [4.69, 9.17) is 13.9 Å². The molecule has 1 atom stereocenters. The molecule has 0 saturated heterocycles. The van der Waals surface area contributed by atoms with Gasteiger partial charge in [0.2, 0.25) is 5.76 Å². The van der Waals surface area contributed by atoms with Crippen molar-refractivity contribution >= 4 is 16.9 Å². The van der Waals surface area contributed by atoms with Crippen LogP contribution in [0.2, 0.25) is 0 Å². The van der Waals surface area contributed by atoms with Crippen LogP contribution in [0.5, 0.6) is 11.5 Å². The highest BCUT2D eigenvalue weighted by molar-refractivity contribution is 5.99. The smallest absolute Gasteiger partial charge is 0.290 e. The van der Waals surface area contributed by atoms with Crippen LogP contribution in [0.4, 0.5) is 0 Å². The van der Waals surface area contributed by atoms with Crippen molar-refractivity contribution in [3.63, 3.8) is 0 Å². The molecule has 0 spiro atoms. The zero-order valence-corrected chi connectivity index (χ0v) is 21.3. The second-order valence-electron chi connectivity index (χ2n) is 9.29. The van der Waals surface area contributed by atoms with Gasteiger partial charge in [0.05, 0.1) is 23.6 Å². The highest BCUT2D eigenvalue weighted by atomic mass is 16.5. The summed E-state index contributed by atoms with van der Waals surface area (Å²) in [5.41, 5.74) is 2.40. The first-order valence-electron chi connectivity index (χ1n) is 12.4. The van der Waals surface area contributed by atoms with Gasteiger partial charge < -0.3 is 23.7 Å². The van der Waals surface area contributed by atoms with Crippen LogP contribution in [-0.2, 0) is 6.61 Å². The Morgan fingerprint density at radius 1 is 0.919 bits per heavy atom. The maximum absolute atomic E-state index is 13.7. The largest absolute Gasteiger partial charge is 0.490 e. The number of fused-ring (bicyclic) bond motifs is 2. The molecule has 0 unspecified atom stereocenters. The Morgan fingerprint density at radius 3 is 2.43 bits per heavy atom. The fourth-order valence-electron chi connectivity index (χ4n) is 4.67. The molecule has 3 aromatic carbocycles. The van der Waals surface area contributed by atoms with Crippen LogP contribution in [0.1, 0.15) is 40.2 Å². The molecule has 0 radical (unpaired) electrons. The van der Waals surface area contributed by atoms with Crippen molar-refractivity contribution in [2.45, 2.75) is 19.6 Å². The molecule has 1 aliphatic heterocycles. The topological polar surface area (TPSA) is 72.2 Å². The lowest BCUT2D eigenvalue weighted by atomic mass is 9.98. The van der Waals surface area contributed by atoms with E-state index < -0.39 is 6.04 Å². The molecule has 0 aliphatic carbocycles. The van der Waals surface area contributed by atoms with Gasteiger partial charge >= 0.3 is 0 Å². The Bertz CT molecular complexity index is 1480. The maximum atomic E-state index is 13.7. The highest BCUT2D eigenvalue weighted by Crippen LogP contribution is 2.41. The van der Waals surface area contributed by atoms with Crippen LogP contribution in [0.3, 0.4) is 0 Å². The van der Waals surface area contributed by atoms with Crippen molar-refractivity contribution in [2.75, 3.05) is 33.8 Å². The van der Waals surface area contributed by atoms with E-state index in [0.717, 1.165) is 11.1 Å². The average molecular weight is 499 g/mol. The van der Waals surface area contributed by atoms with Gasteiger partial charge in [-0.15, -0.1) is 0 Å². The van der Waals surface area contributed by atoms with E-state index in [1.807, 2.05) is 74.4 Å². The van der Waals surface area contributed by atoms with Crippen molar-refractivity contribution in [1.29, 1.82) is 0 Å². The van der Waals surface area contributed by atoms with Crippen LogP contribution in [-0.4, -0.2) is 49.5 Å². The Hall–Kier alpha value is -4.10. The first-order valence-corrected chi connectivity index (χ1v) is 12.4. The Balaban J connectivity index is 1.58. The molecule has 7 nitrogen and oxygen atoms in total. The first kappa shape index (κ1) is 24.6. The van der Waals surface area contributed by atoms with Crippen LogP contribution in [0, 0.1) is 0 Å². The van der Waals surface area contributed by atoms with Crippen molar-refractivity contribution in [3.8, 4) is 11.5 Å².